The molecule has 1 heterocycles. The van der Waals surface area contributed by atoms with E-state index >= 15 is 0 Å². The van der Waals surface area contributed by atoms with Gasteiger partial charge in [0.05, 0.1) is 11.3 Å². The summed E-state index contributed by atoms with van der Waals surface area (Å²) in [6.45, 7) is 1.91. The summed E-state index contributed by atoms with van der Waals surface area (Å²) in [5.41, 5.74) is 3.87. The average molecular weight is 226 g/mol. The molecule has 2 aromatic rings. The first-order valence-corrected chi connectivity index (χ1v) is 5.87. The number of aromatic nitrogens is 2. The monoisotopic (exact) mass is 226 g/mol. The van der Waals surface area contributed by atoms with Gasteiger partial charge in [-0.15, -0.1) is 0 Å². The van der Waals surface area contributed by atoms with Crippen molar-refractivity contribution in [3.8, 4) is 0 Å². The molecule has 0 spiro atoms. The molecule has 3 heteroatoms. The van der Waals surface area contributed by atoms with Crippen molar-refractivity contribution in [2.75, 3.05) is 0 Å². The highest BCUT2D eigenvalue weighted by atomic mass is 16.1. The van der Waals surface area contributed by atoms with Gasteiger partial charge in [-0.05, 0) is 24.8 Å². The van der Waals surface area contributed by atoms with Gasteiger partial charge < -0.3 is 0 Å². The van der Waals surface area contributed by atoms with Gasteiger partial charge in [-0.1, -0.05) is 30.3 Å². The third-order valence-electron chi connectivity index (χ3n) is 3.44. The maximum atomic E-state index is 12.1. The third kappa shape index (κ3) is 1.68. The molecule has 0 fully saturated rings. The lowest BCUT2D eigenvalue weighted by molar-refractivity contribution is 0.0963. The van der Waals surface area contributed by atoms with E-state index in [2.05, 4.69) is 22.3 Å². The third-order valence-corrected chi connectivity index (χ3v) is 3.44. The summed E-state index contributed by atoms with van der Waals surface area (Å²) >= 11 is 0. The number of aromatic amines is 1. The minimum atomic E-state index is 0.214. The minimum Gasteiger partial charge on any atom is -0.294 e. The van der Waals surface area contributed by atoms with Crippen molar-refractivity contribution in [1.82, 2.24) is 10.2 Å². The smallest absolute Gasteiger partial charge is 0.167 e. The number of carbonyl (C=O) groups is 1. The fourth-order valence-electron chi connectivity index (χ4n) is 2.59. The van der Waals surface area contributed by atoms with Gasteiger partial charge in [0.1, 0.15) is 0 Å². The fraction of sp³-hybridized carbons (Fsp3) is 0.286. The van der Waals surface area contributed by atoms with Gasteiger partial charge in [-0.25, -0.2) is 0 Å². The molecule has 0 unspecified atom stereocenters. The molecule has 1 aromatic heterocycles. The van der Waals surface area contributed by atoms with Gasteiger partial charge >= 0.3 is 0 Å². The first-order valence-electron chi connectivity index (χ1n) is 5.87. The molecule has 1 N–H and O–H groups in total. The van der Waals surface area contributed by atoms with Crippen molar-refractivity contribution >= 4 is 5.78 Å². The molecule has 86 valence electrons. The lowest BCUT2D eigenvalue weighted by atomic mass is 9.82. The summed E-state index contributed by atoms with van der Waals surface area (Å²) in [7, 11) is 0. The molecule has 3 rings (SSSR count). The van der Waals surface area contributed by atoms with E-state index < -0.39 is 0 Å². The molecule has 1 atom stereocenters. The Kier molecular flexibility index (Phi) is 2.32. The molecule has 0 amide bonds. The summed E-state index contributed by atoms with van der Waals surface area (Å²) in [5, 5.41) is 7.15. The number of rotatable bonds is 1. The van der Waals surface area contributed by atoms with E-state index in [1.807, 2.05) is 25.1 Å². The van der Waals surface area contributed by atoms with Gasteiger partial charge in [0, 0.05) is 12.1 Å². The van der Waals surface area contributed by atoms with Crippen molar-refractivity contribution in [3.63, 3.8) is 0 Å². The number of H-pyrrole nitrogens is 1. The van der Waals surface area contributed by atoms with E-state index in [-0.39, 0.29) is 11.7 Å². The van der Waals surface area contributed by atoms with Crippen LogP contribution in [0.15, 0.2) is 30.3 Å². The van der Waals surface area contributed by atoms with Crippen LogP contribution in [0.3, 0.4) is 0 Å². The molecular formula is C14H14N2O. The maximum absolute atomic E-state index is 12.1. The number of benzene rings is 1. The Balaban J connectivity index is 1.97. The zero-order valence-electron chi connectivity index (χ0n) is 9.73. The lowest BCUT2D eigenvalue weighted by Gasteiger charge is -2.20. The van der Waals surface area contributed by atoms with Crippen LogP contribution in [0.5, 0.6) is 0 Å². The van der Waals surface area contributed by atoms with Crippen LogP contribution in [0.4, 0.5) is 0 Å². The number of fused-ring (bicyclic) bond motifs is 1. The summed E-state index contributed by atoms with van der Waals surface area (Å²) < 4.78 is 0. The zero-order chi connectivity index (χ0) is 11.8. The van der Waals surface area contributed by atoms with Crippen LogP contribution >= 0.6 is 0 Å². The SMILES string of the molecule is Cc1[nH]nc2c1C(=O)C[C@@H](c1ccccc1)C2. The van der Waals surface area contributed by atoms with Crippen LogP contribution in [0.1, 0.15) is 39.6 Å². The van der Waals surface area contributed by atoms with Gasteiger partial charge in [0.15, 0.2) is 5.78 Å². The molecule has 3 nitrogen and oxygen atoms in total. The molecule has 1 aliphatic rings. The van der Waals surface area contributed by atoms with Crippen LogP contribution in [0, 0.1) is 6.92 Å². The average Bonchev–Trinajstić information content (AvgIpc) is 2.73. The number of nitrogens with one attached hydrogen (secondary N) is 1. The number of hydrogen-bond donors (Lipinski definition) is 1. The second-order valence-corrected chi connectivity index (χ2v) is 4.61. The molecule has 0 radical (unpaired) electrons. The molecule has 0 saturated carbocycles. The van der Waals surface area contributed by atoms with Crippen LogP contribution in [0.25, 0.3) is 0 Å². The quantitative estimate of drug-likeness (QED) is 0.812. The van der Waals surface area contributed by atoms with E-state index in [4.69, 9.17) is 0 Å². The zero-order valence-corrected chi connectivity index (χ0v) is 9.73. The van der Waals surface area contributed by atoms with Crippen LogP contribution in [0.2, 0.25) is 0 Å². The van der Waals surface area contributed by atoms with E-state index in [1.165, 1.54) is 5.56 Å². The second kappa shape index (κ2) is 3.84. The second-order valence-electron chi connectivity index (χ2n) is 4.61. The minimum absolute atomic E-state index is 0.214. The van der Waals surface area contributed by atoms with Gasteiger partial charge in [0.2, 0.25) is 0 Å². The van der Waals surface area contributed by atoms with Gasteiger partial charge in [-0.3, -0.25) is 9.89 Å². The first kappa shape index (κ1) is 10.3. The standard InChI is InChI=1S/C14H14N2O/c1-9-14-12(16-15-9)7-11(8-13(14)17)10-5-3-2-4-6-10/h2-6,11H,7-8H2,1H3,(H,15,16)/t11-/m0/s1. The van der Waals surface area contributed by atoms with Crippen LogP contribution < -0.4 is 0 Å². The summed E-state index contributed by atoms with van der Waals surface area (Å²) in [5.74, 6) is 0.491. The lowest BCUT2D eigenvalue weighted by Crippen LogP contribution is -2.18. The van der Waals surface area contributed by atoms with E-state index in [1.54, 1.807) is 0 Å². The fourth-order valence-corrected chi connectivity index (χ4v) is 2.59. The molecule has 1 aromatic carbocycles. The Morgan fingerprint density at radius 2 is 2.00 bits per heavy atom. The summed E-state index contributed by atoms with van der Waals surface area (Å²) in [6.07, 6.45) is 1.45. The Bertz CT molecular complexity index is 557. The highest BCUT2D eigenvalue weighted by Crippen LogP contribution is 2.32. The predicted molar refractivity (Wildman–Crippen MR) is 65.2 cm³/mol. The number of nitrogens with zero attached hydrogens (tertiary/aromatic N) is 1. The Hall–Kier alpha value is -1.90. The van der Waals surface area contributed by atoms with Gasteiger partial charge in [-0.2, -0.15) is 5.10 Å². The topological polar surface area (TPSA) is 45.8 Å². The molecule has 1 aliphatic carbocycles. The van der Waals surface area contributed by atoms with Crippen molar-refractivity contribution in [3.05, 3.63) is 52.8 Å². The molecular weight excluding hydrogens is 212 g/mol. The maximum Gasteiger partial charge on any atom is 0.167 e. The molecule has 0 saturated heterocycles. The van der Waals surface area contributed by atoms with Crippen molar-refractivity contribution in [1.29, 1.82) is 0 Å². The van der Waals surface area contributed by atoms with Gasteiger partial charge in [0.25, 0.3) is 0 Å². The Morgan fingerprint density at radius 3 is 2.76 bits per heavy atom. The molecule has 0 bridgehead atoms. The summed E-state index contributed by atoms with van der Waals surface area (Å²) in [6, 6.07) is 10.2. The number of carbonyl (C=O) groups excluding carboxylic acids is 1. The number of Topliss-reactive ketones (excluding diaryl/α,β-unsaturated/α-hetero) is 1. The number of hydrogen-bond acceptors (Lipinski definition) is 2. The van der Waals surface area contributed by atoms with E-state index in [0.717, 1.165) is 23.4 Å². The van der Waals surface area contributed by atoms with Crippen molar-refractivity contribution < 1.29 is 4.79 Å². The van der Waals surface area contributed by atoms with Crippen LogP contribution in [-0.4, -0.2) is 16.0 Å². The van der Waals surface area contributed by atoms with Crippen molar-refractivity contribution in [2.45, 2.75) is 25.7 Å². The van der Waals surface area contributed by atoms with Crippen LogP contribution in [-0.2, 0) is 6.42 Å². The first-order chi connectivity index (χ1) is 8.25. The predicted octanol–water partition coefficient (Wildman–Crippen LogP) is 2.63. The highest BCUT2D eigenvalue weighted by molar-refractivity contribution is 5.99. The normalized spacial score (nSPS) is 19.1. The Morgan fingerprint density at radius 1 is 1.24 bits per heavy atom. The molecule has 17 heavy (non-hydrogen) atoms. The summed E-state index contributed by atoms with van der Waals surface area (Å²) in [4.78, 5) is 12.1. The number of aryl methyl sites for hydroxylation is 1. The number of ketones is 1. The highest BCUT2D eigenvalue weighted by Gasteiger charge is 2.29. The molecule has 0 aliphatic heterocycles. The Labute approximate surface area is 99.9 Å². The van der Waals surface area contributed by atoms with E-state index in [0.29, 0.717) is 6.42 Å². The largest absolute Gasteiger partial charge is 0.294 e. The van der Waals surface area contributed by atoms with E-state index in [9.17, 15) is 4.79 Å². The van der Waals surface area contributed by atoms with Crippen molar-refractivity contribution in [2.24, 2.45) is 0 Å².